The second-order valence-electron chi connectivity index (χ2n) is 6.41. The summed E-state index contributed by atoms with van der Waals surface area (Å²) in [6, 6.07) is 13.1. The van der Waals surface area contributed by atoms with Crippen molar-refractivity contribution < 1.29 is 14.3 Å². The van der Waals surface area contributed by atoms with E-state index < -0.39 is 11.9 Å². The third kappa shape index (κ3) is 6.09. The van der Waals surface area contributed by atoms with Crippen molar-refractivity contribution in [1.82, 2.24) is 10.7 Å². The normalized spacial score (nSPS) is 12.0. The molecule has 0 fully saturated rings. The number of para-hydroxylation sites is 1. The first-order chi connectivity index (χ1) is 13.4. The van der Waals surface area contributed by atoms with Gasteiger partial charge in [0, 0.05) is 16.1 Å². The van der Waals surface area contributed by atoms with E-state index in [0.29, 0.717) is 22.9 Å². The maximum Gasteiger partial charge on any atom is 0.262 e. The Kier molecular flexibility index (Phi) is 8.02. The third-order valence-electron chi connectivity index (χ3n) is 3.94. The Morgan fingerprint density at radius 2 is 1.82 bits per heavy atom. The number of rotatable bonds is 8. The van der Waals surface area contributed by atoms with Gasteiger partial charge in [-0.2, -0.15) is 5.10 Å². The number of nitrogens with zero attached hydrogens (tertiary/aromatic N) is 1. The van der Waals surface area contributed by atoms with Crippen LogP contribution < -0.4 is 15.5 Å². The maximum absolute atomic E-state index is 12.5. The van der Waals surface area contributed by atoms with Gasteiger partial charge in [-0.3, -0.25) is 9.59 Å². The van der Waals surface area contributed by atoms with Crippen molar-refractivity contribution in [3.63, 3.8) is 0 Å². The van der Waals surface area contributed by atoms with Crippen LogP contribution in [0.15, 0.2) is 53.6 Å². The highest BCUT2D eigenvalue weighted by Gasteiger charge is 2.24. The predicted octanol–water partition coefficient (Wildman–Crippen LogP) is 3.64. The van der Waals surface area contributed by atoms with Gasteiger partial charge in [-0.05, 0) is 49.2 Å². The molecule has 0 saturated carbocycles. The first kappa shape index (κ1) is 21.4. The lowest BCUT2D eigenvalue weighted by Crippen LogP contribution is -2.48. The number of nitrogens with one attached hydrogen (secondary N) is 2. The number of benzene rings is 2. The number of carbonyl (C=O) groups excluding carboxylic acids is 2. The van der Waals surface area contributed by atoms with Gasteiger partial charge in [-0.25, -0.2) is 5.43 Å². The number of ether oxygens (including phenoxy) is 1. The Hall–Kier alpha value is -2.86. The largest absolute Gasteiger partial charge is 0.493 e. The van der Waals surface area contributed by atoms with Crippen LogP contribution in [0.1, 0.15) is 36.7 Å². The molecule has 2 aromatic carbocycles. The molecule has 0 aliphatic rings. The molecular weight excluding hydrogens is 378 g/mol. The van der Waals surface area contributed by atoms with Crippen LogP contribution in [0.4, 0.5) is 0 Å². The quantitative estimate of drug-likeness (QED) is 0.523. The molecule has 2 amide bonds. The highest BCUT2D eigenvalue weighted by Crippen LogP contribution is 2.15. The van der Waals surface area contributed by atoms with Gasteiger partial charge < -0.3 is 10.1 Å². The second-order valence-corrected chi connectivity index (χ2v) is 6.84. The van der Waals surface area contributed by atoms with Crippen molar-refractivity contribution in [2.45, 2.75) is 26.8 Å². The molecule has 148 valence electrons. The highest BCUT2D eigenvalue weighted by molar-refractivity contribution is 6.30. The van der Waals surface area contributed by atoms with Gasteiger partial charge >= 0.3 is 0 Å². The van der Waals surface area contributed by atoms with Crippen LogP contribution in [-0.4, -0.2) is 30.7 Å². The van der Waals surface area contributed by atoms with E-state index in [2.05, 4.69) is 15.8 Å². The molecule has 2 aromatic rings. The van der Waals surface area contributed by atoms with Gasteiger partial charge in [0.1, 0.15) is 11.8 Å². The summed E-state index contributed by atoms with van der Waals surface area (Å²) in [5, 5.41) is 7.28. The third-order valence-corrected chi connectivity index (χ3v) is 4.19. The average molecular weight is 402 g/mol. The first-order valence-electron chi connectivity index (χ1n) is 9.03. The first-order valence-corrected chi connectivity index (χ1v) is 9.41. The van der Waals surface area contributed by atoms with Crippen molar-refractivity contribution in [1.29, 1.82) is 0 Å². The molecule has 0 aliphatic heterocycles. The summed E-state index contributed by atoms with van der Waals surface area (Å²) < 4.78 is 5.52. The SMILES string of the molecule is CCOc1ccccc1/C=N/NC(=O)C(NC(=O)c1ccc(Cl)cc1)C(C)C. The lowest BCUT2D eigenvalue weighted by atomic mass is 10.0. The molecule has 1 unspecified atom stereocenters. The Labute approximate surface area is 169 Å². The molecule has 0 bridgehead atoms. The van der Waals surface area contributed by atoms with Crippen LogP contribution >= 0.6 is 11.6 Å². The molecule has 7 heteroatoms. The zero-order chi connectivity index (χ0) is 20.5. The van der Waals surface area contributed by atoms with Gasteiger partial charge in [0.15, 0.2) is 0 Å². The Morgan fingerprint density at radius 3 is 2.46 bits per heavy atom. The Balaban J connectivity index is 2.03. The lowest BCUT2D eigenvalue weighted by molar-refractivity contribution is -0.123. The van der Waals surface area contributed by atoms with Crippen LogP contribution in [0.2, 0.25) is 5.02 Å². The minimum absolute atomic E-state index is 0.123. The molecule has 0 radical (unpaired) electrons. The number of hydrogen-bond acceptors (Lipinski definition) is 4. The van der Waals surface area contributed by atoms with E-state index in [1.54, 1.807) is 24.3 Å². The summed E-state index contributed by atoms with van der Waals surface area (Å²) in [6.07, 6.45) is 1.52. The van der Waals surface area contributed by atoms with Crippen molar-refractivity contribution in [3.8, 4) is 5.75 Å². The van der Waals surface area contributed by atoms with Crippen molar-refractivity contribution in [3.05, 3.63) is 64.7 Å². The zero-order valence-corrected chi connectivity index (χ0v) is 16.9. The van der Waals surface area contributed by atoms with Gasteiger partial charge in [0.2, 0.25) is 0 Å². The van der Waals surface area contributed by atoms with Crippen molar-refractivity contribution >= 4 is 29.6 Å². The molecule has 6 nitrogen and oxygen atoms in total. The standard InChI is InChI=1S/C21H24ClN3O3/c1-4-28-18-8-6-5-7-16(18)13-23-25-21(27)19(14(2)3)24-20(26)15-9-11-17(22)12-10-15/h5-14,19H,4H2,1-3H3,(H,24,26)(H,25,27)/b23-13+. The van der Waals surface area contributed by atoms with Gasteiger partial charge in [-0.15, -0.1) is 0 Å². The highest BCUT2D eigenvalue weighted by atomic mass is 35.5. The smallest absolute Gasteiger partial charge is 0.262 e. The summed E-state index contributed by atoms with van der Waals surface area (Å²) in [7, 11) is 0. The number of hydrogen-bond donors (Lipinski definition) is 2. The molecule has 28 heavy (non-hydrogen) atoms. The molecule has 0 spiro atoms. The number of hydrazone groups is 1. The Bertz CT molecular complexity index is 835. The minimum atomic E-state index is -0.734. The second kappa shape index (κ2) is 10.5. The van der Waals surface area contributed by atoms with E-state index in [4.69, 9.17) is 16.3 Å². The molecule has 2 N–H and O–H groups in total. The van der Waals surface area contributed by atoms with E-state index in [1.165, 1.54) is 6.21 Å². The number of halogens is 1. The summed E-state index contributed by atoms with van der Waals surface area (Å²) in [5.74, 6) is -0.194. The van der Waals surface area contributed by atoms with Crippen molar-refractivity contribution in [2.24, 2.45) is 11.0 Å². The maximum atomic E-state index is 12.5. The van der Waals surface area contributed by atoms with Crippen LogP contribution in [0.3, 0.4) is 0 Å². The molecular formula is C21H24ClN3O3. The van der Waals surface area contributed by atoms with E-state index in [0.717, 1.165) is 5.56 Å². The van der Waals surface area contributed by atoms with Crippen LogP contribution in [-0.2, 0) is 4.79 Å². The van der Waals surface area contributed by atoms with Gasteiger partial charge in [0.05, 0.1) is 12.8 Å². The van der Waals surface area contributed by atoms with E-state index in [1.807, 2.05) is 45.0 Å². The van der Waals surface area contributed by atoms with Crippen LogP contribution in [0, 0.1) is 5.92 Å². The van der Waals surface area contributed by atoms with Crippen LogP contribution in [0.25, 0.3) is 0 Å². The molecule has 2 rings (SSSR count). The predicted molar refractivity (Wildman–Crippen MR) is 111 cm³/mol. The molecule has 0 heterocycles. The van der Waals surface area contributed by atoms with Crippen LogP contribution in [0.5, 0.6) is 5.75 Å². The fraction of sp³-hybridized carbons (Fsp3) is 0.286. The fourth-order valence-corrected chi connectivity index (χ4v) is 2.60. The molecule has 1 atom stereocenters. The fourth-order valence-electron chi connectivity index (χ4n) is 2.47. The average Bonchev–Trinajstić information content (AvgIpc) is 2.67. The molecule has 0 aliphatic carbocycles. The van der Waals surface area contributed by atoms with Gasteiger partial charge in [0.25, 0.3) is 11.8 Å². The minimum Gasteiger partial charge on any atom is -0.493 e. The van der Waals surface area contributed by atoms with E-state index in [9.17, 15) is 9.59 Å². The monoisotopic (exact) mass is 401 g/mol. The van der Waals surface area contributed by atoms with Crippen molar-refractivity contribution in [2.75, 3.05) is 6.61 Å². The van der Waals surface area contributed by atoms with E-state index >= 15 is 0 Å². The van der Waals surface area contributed by atoms with E-state index in [-0.39, 0.29) is 11.8 Å². The zero-order valence-electron chi connectivity index (χ0n) is 16.1. The number of amides is 2. The summed E-state index contributed by atoms with van der Waals surface area (Å²) in [5.41, 5.74) is 3.66. The Morgan fingerprint density at radius 1 is 1.14 bits per heavy atom. The summed E-state index contributed by atoms with van der Waals surface area (Å²) >= 11 is 5.84. The molecule has 0 saturated heterocycles. The number of carbonyl (C=O) groups is 2. The summed E-state index contributed by atoms with van der Waals surface area (Å²) in [4.78, 5) is 24.9. The molecule has 0 aromatic heterocycles. The lowest BCUT2D eigenvalue weighted by Gasteiger charge is -2.20. The summed E-state index contributed by atoms with van der Waals surface area (Å²) in [6.45, 7) is 6.12. The van der Waals surface area contributed by atoms with Gasteiger partial charge in [-0.1, -0.05) is 37.6 Å². The topological polar surface area (TPSA) is 79.8 Å².